The Morgan fingerprint density at radius 2 is 1.83 bits per heavy atom. The van der Waals surface area contributed by atoms with Crippen molar-refractivity contribution in [3.05, 3.63) is 70.7 Å². The fourth-order valence-corrected chi connectivity index (χ4v) is 3.16. The van der Waals surface area contributed by atoms with Crippen molar-refractivity contribution < 1.29 is 9.53 Å². The summed E-state index contributed by atoms with van der Waals surface area (Å²) in [7, 11) is 3.43. The first-order valence-electron chi connectivity index (χ1n) is 7.67. The highest BCUT2D eigenvalue weighted by molar-refractivity contribution is 9.10. The lowest BCUT2D eigenvalue weighted by Gasteiger charge is -2.19. The number of anilines is 1. The minimum Gasteiger partial charge on any atom is -0.496 e. The van der Waals surface area contributed by atoms with Crippen molar-refractivity contribution in [2.45, 2.75) is 6.42 Å². The zero-order valence-electron chi connectivity index (χ0n) is 13.6. The van der Waals surface area contributed by atoms with Gasteiger partial charge in [-0.1, -0.05) is 46.3 Å². The second-order valence-electron chi connectivity index (χ2n) is 5.58. The smallest absolute Gasteiger partial charge is 0.231 e. The lowest BCUT2D eigenvalue weighted by atomic mass is 10.0. The highest BCUT2D eigenvalue weighted by Gasteiger charge is 2.16. The van der Waals surface area contributed by atoms with Gasteiger partial charge >= 0.3 is 0 Å². The van der Waals surface area contributed by atoms with Crippen LogP contribution in [0, 0.1) is 0 Å². The van der Waals surface area contributed by atoms with Gasteiger partial charge < -0.3 is 9.64 Å². The van der Waals surface area contributed by atoms with E-state index in [9.17, 15) is 4.79 Å². The summed E-state index contributed by atoms with van der Waals surface area (Å²) in [6.45, 7) is 0. The van der Waals surface area contributed by atoms with Gasteiger partial charge in [0.25, 0.3) is 0 Å². The van der Waals surface area contributed by atoms with Crippen LogP contribution in [0.2, 0.25) is 0 Å². The molecule has 1 amide bonds. The topological polar surface area (TPSA) is 29.5 Å². The number of carbonyl (C=O) groups is 1. The van der Waals surface area contributed by atoms with Crippen LogP contribution in [-0.2, 0) is 11.2 Å². The number of para-hydroxylation sites is 1. The van der Waals surface area contributed by atoms with E-state index in [0.717, 1.165) is 32.2 Å². The van der Waals surface area contributed by atoms with Gasteiger partial charge in [0, 0.05) is 22.8 Å². The van der Waals surface area contributed by atoms with Crippen molar-refractivity contribution in [3.63, 3.8) is 0 Å². The molecule has 0 aliphatic rings. The molecule has 0 N–H and O–H groups in total. The molecule has 3 nitrogen and oxygen atoms in total. The number of rotatable bonds is 4. The van der Waals surface area contributed by atoms with Crippen LogP contribution in [0.1, 0.15) is 5.56 Å². The van der Waals surface area contributed by atoms with Crippen molar-refractivity contribution in [1.82, 2.24) is 0 Å². The molecule has 0 aromatic heterocycles. The molecule has 0 saturated carbocycles. The largest absolute Gasteiger partial charge is 0.496 e. The number of halogens is 1. The highest BCUT2D eigenvalue weighted by atomic mass is 79.9. The highest BCUT2D eigenvalue weighted by Crippen LogP contribution is 2.31. The Balaban J connectivity index is 1.98. The van der Waals surface area contributed by atoms with E-state index in [-0.39, 0.29) is 12.3 Å². The summed E-state index contributed by atoms with van der Waals surface area (Å²) in [6.07, 6.45) is 0.285. The Kier molecular flexibility index (Phi) is 4.86. The molecule has 0 spiro atoms. The van der Waals surface area contributed by atoms with Crippen LogP contribution in [0.25, 0.3) is 10.8 Å². The number of amides is 1. The number of carbonyl (C=O) groups excluding carboxylic acids is 1. The Morgan fingerprint density at radius 1 is 1.08 bits per heavy atom. The predicted molar refractivity (Wildman–Crippen MR) is 102 cm³/mol. The Labute approximate surface area is 150 Å². The molecule has 0 atom stereocenters. The van der Waals surface area contributed by atoms with Crippen molar-refractivity contribution in [2.75, 3.05) is 19.1 Å². The van der Waals surface area contributed by atoms with E-state index >= 15 is 0 Å². The van der Waals surface area contributed by atoms with Crippen LogP contribution in [0.5, 0.6) is 5.75 Å². The average Bonchev–Trinajstić information content (AvgIpc) is 2.61. The van der Waals surface area contributed by atoms with Gasteiger partial charge in [0.05, 0.1) is 13.5 Å². The van der Waals surface area contributed by atoms with Gasteiger partial charge in [0.2, 0.25) is 5.91 Å². The predicted octanol–water partition coefficient (Wildman–Crippen LogP) is 4.82. The molecule has 0 aliphatic carbocycles. The third-order valence-electron chi connectivity index (χ3n) is 4.12. The quantitative estimate of drug-likeness (QED) is 0.646. The van der Waals surface area contributed by atoms with Gasteiger partial charge in [-0.2, -0.15) is 0 Å². The molecule has 0 radical (unpaired) electrons. The molecule has 122 valence electrons. The van der Waals surface area contributed by atoms with Crippen molar-refractivity contribution >= 4 is 38.3 Å². The number of ether oxygens (including phenoxy) is 1. The van der Waals surface area contributed by atoms with Crippen LogP contribution in [0.3, 0.4) is 0 Å². The Hall–Kier alpha value is -2.33. The van der Waals surface area contributed by atoms with Crippen LogP contribution in [-0.4, -0.2) is 20.1 Å². The molecule has 0 unspecified atom stereocenters. The first kappa shape index (κ1) is 16.5. The third-order valence-corrected chi connectivity index (χ3v) is 4.61. The van der Waals surface area contributed by atoms with Crippen LogP contribution in [0.4, 0.5) is 5.69 Å². The molecule has 3 aromatic rings. The number of hydrogen-bond donors (Lipinski definition) is 0. The number of nitrogens with zero attached hydrogens (tertiary/aromatic N) is 1. The van der Waals surface area contributed by atoms with Crippen molar-refractivity contribution in [3.8, 4) is 5.75 Å². The molecule has 0 bridgehead atoms. The van der Waals surface area contributed by atoms with E-state index in [1.807, 2.05) is 60.7 Å². The maximum Gasteiger partial charge on any atom is 0.231 e. The number of hydrogen-bond acceptors (Lipinski definition) is 2. The third kappa shape index (κ3) is 3.29. The summed E-state index contributed by atoms with van der Waals surface area (Å²) in [5, 5.41) is 2.11. The monoisotopic (exact) mass is 383 g/mol. The molecule has 3 aromatic carbocycles. The molecular weight excluding hydrogens is 366 g/mol. The molecule has 0 heterocycles. The van der Waals surface area contributed by atoms with E-state index in [1.54, 1.807) is 19.1 Å². The minimum absolute atomic E-state index is 0.0231. The molecule has 3 rings (SSSR count). The van der Waals surface area contributed by atoms with Crippen molar-refractivity contribution in [2.24, 2.45) is 0 Å². The molecular formula is C20H18BrNO2. The molecule has 4 heteroatoms. The van der Waals surface area contributed by atoms with E-state index in [1.165, 1.54) is 0 Å². The van der Waals surface area contributed by atoms with Crippen LogP contribution < -0.4 is 9.64 Å². The average molecular weight is 384 g/mol. The second-order valence-corrected chi connectivity index (χ2v) is 6.49. The number of likely N-dealkylation sites (N-methyl/N-ethyl adjacent to an activating group) is 1. The standard InChI is InChI=1S/C20H18BrNO2/c1-22(16-6-4-3-5-7-16)20(23)13-18-17-10-9-15(21)12-14(17)8-11-19(18)24-2/h3-12H,13H2,1-2H3. The lowest BCUT2D eigenvalue weighted by Crippen LogP contribution is -2.28. The lowest BCUT2D eigenvalue weighted by molar-refractivity contribution is -0.117. The van der Waals surface area contributed by atoms with Gasteiger partial charge in [0.15, 0.2) is 0 Å². The van der Waals surface area contributed by atoms with Gasteiger partial charge in [-0.15, -0.1) is 0 Å². The first-order valence-corrected chi connectivity index (χ1v) is 8.46. The van der Waals surface area contributed by atoms with Crippen molar-refractivity contribution in [1.29, 1.82) is 0 Å². The van der Waals surface area contributed by atoms with Gasteiger partial charge in [-0.05, 0) is 41.1 Å². The number of benzene rings is 3. The van der Waals surface area contributed by atoms with E-state index in [0.29, 0.717) is 0 Å². The minimum atomic E-state index is 0.0231. The summed E-state index contributed by atoms with van der Waals surface area (Å²) in [6, 6.07) is 19.6. The van der Waals surface area contributed by atoms with Gasteiger partial charge in [-0.25, -0.2) is 0 Å². The van der Waals surface area contributed by atoms with E-state index in [2.05, 4.69) is 15.9 Å². The van der Waals surface area contributed by atoms with E-state index in [4.69, 9.17) is 4.74 Å². The van der Waals surface area contributed by atoms with Crippen LogP contribution in [0.15, 0.2) is 65.1 Å². The maximum absolute atomic E-state index is 12.8. The molecule has 0 saturated heterocycles. The maximum atomic E-state index is 12.8. The summed E-state index contributed by atoms with van der Waals surface area (Å²) >= 11 is 3.49. The van der Waals surface area contributed by atoms with Gasteiger partial charge in [0.1, 0.15) is 5.75 Å². The van der Waals surface area contributed by atoms with E-state index < -0.39 is 0 Å². The number of fused-ring (bicyclic) bond motifs is 1. The fourth-order valence-electron chi connectivity index (χ4n) is 2.78. The second kappa shape index (κ2) is 7.05. The normalized spacial score (nSPS) is 10.6. The molecule has 24 heavy (non-hydrogen) atoms. The summed E-state index contributed by atoms with van der Waals surface area (Å²) in [4.78, 5) is 14.4. The fraction of sp³-hybridized carbons (Fsp3) is 0.150. The van der Waals surface area contributed by atoms with Crippen LogP contribution >= 0.6 is 15.9 Å². The Bertz CT molecular complexity index is 877. The zero-order chi connectivity index (χ0) is 17.1. The first-order chi connectivity index (χ1) is 11.6. The Morgan fingerprint density at radius 3 is 2.54 bits per heavy atom. The zero-order valence-corrected chi connectivity index (χ0v) is 15.2. The summed E-state index contributed by atoms with van der Waals surface area (Å²) in [5.74, 6) is 0.759. The summed E-state index contributed by atoms with van der Waals surface area (Å²) in [5.41, 5.74) is 1.79. The van der Waals surface area contributed by atoms with Gasteiger partial charge in [-0.3, -0.25) is 4.79 Å². The SMILES string of the molecule is COc1ccc2cc(Br)ccc2c1CC(=O)N(C)c1ccccc1. The molecule has 0 fully saturated rings. The number of methoxy groups -OCH3 is 1. The molecule has 0 aliphatic heterocycles. The summed E-state index contributed by atoms with van der Waals surface area (Å²) < 4.78 is 6.50.